The van der Waals surface area contributed by atoms with E-state index in [0.29, 0.717) is 5.75 Å². The molecule has 0 amide bonds. The van der Waals surface area contributed by atoms with Gasteiger partial charge in [0.05, 0.1) is 0 Å². The lowest BCUT2D eigenvalue weighted by Crippen LogP contribution is -2.37. The summed E-state index contributed by atoms with van der Waals surface area (Å²) in [6, 6.07) is 7.40. The molecule has 1 saturated heterocycles. The number of nitrogens with one attached hydrogen (secondary N) is 1. The lowest BCUT2D eigenvalue weighted by atomic mass is 9.99. The van der Waals surface area contributed by atoms with E-state index in [2.05, 4.69) is 17.1 Å². The van der Waals surface area contributed by atoms with Crippen molar-refractivity contribution < 1.29 is 5.11 Å². The Balaban J connectivity index is 1.60. The van der Waals surface area contributed by atoms with Crippen molar-refractivity contribution in [2.24, 2.45) is 5.92 Å². The van der Waals surface area contributed by atoms with E-state index in [1.54, 1.807) is 12.1 Å². The predicted molar refractivity (Wildman–Crippen MR) is 74.7 cm³/mol. The Bertz CT molecular complexity index is 342. The molecule has 0 radical (unpaired) electrons. The second-order valence-electron chi connectivity index (χ2n) is 5.37. The van der Waals surface area contributed by atoms with Gasteiger partial charge in [0.15, 0.2) is 0 Å². The van der Waals surface area contributed by atoms with Crippen molar-refractivity contribution in [2.75, 3.05) is 26.2 Å². The van der Waals surface area contributed by atoms with Gasteiger partial charge in [0.25, 0.3) is 0 Å². The number of phenols is 1. The van der Waals surface area contributed by atoms with Crippen molar-refractivity contribution in [3.05, 3.63) is 29.8 Å². The first-order valence-electron chi connectivity index (χ1n) is 6.95. The van der Waals surface area contributed by atoms with Crippen LogP contribution < -0.4 is 5.32 Å². The van der Waals surface area contributed by atoms with E-state index in [1.165, 1.54) is 31.5 Å². The zero-order valence-corrected chi connectivity index (χ0v) is 11.2. The standard InChI is InChI=1S/C15H24N2O/c1-13-6-9-17(10-7-13)11-8-16-12-14-2-4-15(18)5-3-14/h2-5,13,16,18H,6-12H2,1H3. The van der Waals surface area contributed by atoms with Gasteiger partial charge >= 0.3 is 0 Å². The van der Waals surface area contributed by atoms with Crippen LogP contribution in [-0.2, 0) is 6.54 Å². The van der Waals surface area contributed by atoms with Crippen LogP contribution in [-0.4, -0.2) is 36.2 Å². The summed E-state index contributed by atoms with van der Waals surface area (Å²) in [6.45, 7) is 7.91. The van der Waals surface area contributed by atoms with Crippen molar-refractivity contribution in [1.29, 1.82) is 0 Å². The molecule has 0 saturated carbocycles. The summed E-state index contributed by atoms with van der Waals surface area (Å²) in [7, 11) is 0. The topological polar surface area (TPSA) is 35.5 Å². The molecular formula is C15H24N2O. The van der Waals surface area contributed by atoms with Crippen LogP contribution in [0.4, 0.5) is 0 Å². The number of piperidine rings is 1. The van der Waals surface area contributed by atoms with Gasteiger partial charge in [0.2, 0.25) is 0 Å². The minimum absolute atomic E-state index is 0.334. The molecule has 1 aromatic rings. The number of likely N-dealkylation sites (tertiary alicyclic amines) is 1. The summed E-state index contributed by atoms with van der Waals surface area (Å²) in [5.74, 6) is 1.24. The number of phenolic OH excluding ortho intramolecular Hbond substituents is 1. The van der Waals surface area contributed by atoms with Crippen molar-refractivity contribution in [3.8, 4) is 5.75 Å². The van der Waals surface area contributed by atoms with Crippen LogP contribution >= 0.6 is 0 Å². The highest BCUT2D eigenvalue weighted by molar-refractivity contribution is 5.25. The molecule has 0 unspecified atom stereocenters. The lowest BCUT2D eigenvalue weighted by molar-refractivity contribution is 0.193. The molecule has 0 atom stereocenters. The first-order valence-corrected chi connectivity index (χ1v) is 6.95. The van der Waals surface area contributed by atoms with Crippen molar-refractivity contribution in [3.63, 3.8) is 0 Å². The molecule has 1 aliphatic rings. The minimum Gasteiger partial charge on any atom is -0.508 e. The third-order valence-corrected chi connectivity index (χ3v) is 3.75. The third-order valence-electron chi connectivity index (χ3n) is 3.75. The van der Waals surface area contributed by atoms with Gasteiger partial charge in [0.1, 0.15) is 5.75 Å². The van der Waals surface area contributed by atoms with Crippen LogP contribution in [0.1, 0.15) is 25.3 Å². The minimum atomic E-state index is 0.334. The van der Waals surface area contributed by atoms with Gasteiger partial charge in [-0.3, -0.25) is 0 Å². The van der Waals surface area contributed by atoms with Crippen LogP contribution in [0.15, 0.2) is 24.3 Å². The second-order valence-corrected chi connectivity index (χ2v) is 5.37. The van der Waals surface area contributed by atoms with Gasteiger partial charge in [-0.1, -0.05) is 19.1 Å². The summed E-state index contributed by atoms with van der Waals surface area (Å²) >= 11 is 0. The van der Waals surface area contributed by atoms with Crippen LogP contribution in [0.5, 0.6) is 5.75 Å². The number of benzene rings is 1. The maximum atomic E-state index is 9.19. The van der Waals surface area contributed by atoms with Gasteiger partial charge in [-0.2, -0.15) is 0 Å². The second kappa shape index (κ2) is 6.76. The van der Waals surface area contributed by atoms with E-state index in [0.717, 1.165) is 25.6 Å². The third kappa shape index (κ3) is 4.31. The maximum Gasteiger partial charge on any atom is 0.115 e. The maximum absolute atomic E-state index is 9.19. The highest BCUT2D eigenvalue weighted by atomic mass is 16.3. The first-order chi connectivity index (χ1) is 8.74. The fourth-order valence-corrected chi connectivity index (χ4v) is 2.37. The zero-order chi connectivity index (χ0) is 12.8. The van der Waals surface area contributed by atoms with Crippen LogP contribution in [0.25, 0.3) is 0 Å². The molecule has 0 aromatic heterocycles. The number of nitrogens with zero attached hydrogens (tertiary/aromatic N) is 1. The van der Waals surface area contributed by atoms with Gasteiger partial charge in [-0.25, -0.2) is 0 Å². The van der Waals surface area contributed by atoms with E-state index in [-0.39, 0.29) is 0 Å². The number of hydrogen-bond donors (Lipinski definition) is 2. The Hall–Kier alpha value is -1.06. The fourth-order valence-electron chi connectivity index (χ4n) is 2.37. The van der Waals surface area contributed by atoms with Crippen LogP contribution in [0.3, 0.4) is 0 Å². The fraction of sp³-hybridized carbons (Fsp3) is 0.600. The molecule has 1 aliphatic heterocycles. The van der Waals surface area contributed by atoms with Gasteiger partial charge in [0, 0.05) is 19.6 Å². The van der Waals surface area contributed by atoms with Gasteiger partial charge in [-0.15, -0.1) is 0 Å². The summed E-state index contributed by atoms with van der Waals surface area (Å²) in [4.78, 5) is 2.55. The molecule has 2 rings (SSSR count). The van der Waals surface area contributed by atoms with E-state index >= 15 is 0 Å². The molecule has 18 heavy (non-hydrogen) atoms. The SMILES string of the molecule is CC1CCN(CCNCc2ccc(O)cc2)CC1. The van der Waals surface area contributed by atoms with E-state index in [4.69, 9.17) is 0 Å². The number of hydrogen-bond acceptors (Lipinski definition) is 3. The highest BCUT2D eigenvalue weighted by Crippen LogP contribution is 2.15. The molecule has 1 aromatic carbocycles. The van der Waals surface area contributed by atoms with E-state index in [9.17, 15) is 5.11 Å². The Kier molecular flexibility index (Phi) is 5.02. The number of rotatable bonds is 5. The lowest BCUT2D eigenvalue weighted by Gasteiger charge is -2.30. The van der Waals surface area contributed by atoms with Crippen molar-refractivity contribution >= 4 is 0 Å². The average molecular weight is 248 g/mol. The summed E-state index contributed by atoms with van der Waals surface area (Å²) < 4.78 is 0. The Morgan fingerprint density at radius 3 is 2.56 bits per heavy atom. The summed E-state index contributed by atoms with van der Waals surface area (Å²) in [6.07, 6.45) is 2.69. The first kappa shape index (κ1) is 13.4. The zero-order valence-electron chi connectivity index (χ0n) is 11.2. The molecular weight excluding hydrogens is 224 g/mol. The molecule has 3 heteroatoms. The normalized spacial score (nSPS) is 18.1. The van der Waals surface area contributed by atoms with Crippen molar-refractivity contribution in [1.82, 2.24) is 10.2 Å². The monoisotopic (exact) mass is 248 g/mol. The van der Waals surface area contributed by atoms with E-state index < -0.39 is 0 Å². The Labute approximate surface area is 110 Å². The Morgan fingerprint density at radius 2 is 1.89 bits per heavy atom. The Morgan fingerprint density at radius 1 is 1.22 bits per heavy atom. The average Bonchev–Trinajstić information content (AvgIpc) is 2.39. The van der Waals surface area contributed by atoms with Crippen LogP contribution in [0.2, 0.25) is 0 Å². The molecule has 0 bridgehead atoms. The molecule has 2 N–H and O–H groups in total. The van der Waals surface area contributed by atoms with Crippen LogP contribution in [0, 0.1) is 5.92 Å². The van der Waals surface area contributed by atoms with Gasteiger partial charge in [-0.05, 0) is 49.5 Å². The molecule has 1 heterocycles. The smallest absolute Gasteiger partial charge is 0.115 e. The van der Waals surface area contributed by atoms with Crippen molar-refractivity contribution in [2.45, 2.75) is 26.3 Å². The number of aromatic hydroxyl groups is 1. The molecule has 0 spiro atoms. The molecule has 0 aliphatic carbocycles. The molecule has 1 fully saturated rings. The predicted octanol–water partition coefficient (Wildman–Crippen LogP) is 2.21. The quantitative estimate of drug-likeness (QED) is 0.784. The largest absolute Gasteiger partial charge is 0.508 e. The molecule has 3 nitrogen and oxygen atoms in total. The van der Waals surface area contributed by atoms with Gasteiger partial charge < -0.3 is 15.3 Å². The highest BCUT2D eigenvalue weighted by Gasteiger charge is 2.14. The molecule has 100 valence electrons. The van der Waals surface area contributed by atoms with E-state index in [1.807, 2.05) is 12.1 Å². The summed E-state index contributed by atoms with van der Waals surface area (Å²) in [5.41, 5.74) is 1.22. The summed E-state index contributed by atoms with van der Waals surface area (Å²) in [5, 5.41) is 12.6.